The molecule has 0 radical (unpaired) electrons. The maximum absolute atomic E-state index is 10.8. The summed E-state index contributed by atoms with van der Waals surface area (Å²) in [5.74, 6) is -0.0344. The number of nitro benzene ring substituents is 2. The SMILES string of the molecule is CC(=O)Oc1ccc(/C=C/c2cc([N+](=O)[O-])cc([N+](=O)[O-])c2)cc1. The maximum Gasteiger partial charge on any atom is 0.308 e. The van der Waals surface area contributed by atoms with Gasteiger partial charge in [-0.3, -0.25) is 25.0 Å². The van der Waals surface area contributed by atoms with Crippen LogP contribution in [0.5, 0.6) is 5.75 Å². The van der Waals surface area contributed by atoms with Gasteiger partial charge in [0.15, 0.2) is 0 Å². The molecule has 0 amide bonds. The number of non-ortho nitro benzene ring substituents is 2. The molecule has 8 nitrogen and oxygen atoms in total. The third-order valence-corrected chi connectivity index (χ3v) is 2.96. The molecule has 0 aromatic heterocycles. The summed E-state index contributed by atoms with van der Waals surface area (Å²) >= 11 is 0. The minimum atomic E-state index is -0.682. The fraction of sp³-hybridized carbons (Fsp3) is 0.0625. The highest BCUT2D eigenvalue weighted by Gasteiger charge is 2.15. The van der Waals surface area contributed by atoms with E-state index in [2.05, 4.69) is 0 Å². The first-order valence-corrected chi connectivity index (χ1v) is 6.75. The van der Waals surface area contributed by atoms with E-state index in [0.29, 0.717) is 11.3 Å². The molecule has 0 spiro atoms. The summed E-state index contributed by atoms with van der Waals surface area (Å²) in [6.07, 6.45) is 3.17. The third kappa shape index (κ3) is 4.47. The fourth-order valence-electron chi connectivity index (χ4n) is 1.93. The van der Waals surface area contributed by atoms with Crippen molar-refractivity contribution < 1.29 is 19.4 Å². The molecule has 0 saturated carbocycles. The van der Waals surface area contributed by atoms with Crippen LogP contribution < -0.4 is 4.74 Å². The maximum atomic E-state index is 10.8. The zero-order chi connectivity index (χ0) is 17.7. The normalized spacial score (nSPS) is 10.5. The molecule has 2 aromatic rings. The molecule has 0 aliphatic carbocycles. The Morgan fingerprint density at radius 3 is 1.88 bits per heavy atom. The van der Waals surface area contributed by atoms with Gasteiger partial charge >= 0.3 is 5.97 Å². The summed E-state index contributed by atoms with van der Waals surface area (Å²) in [5, 5.41) is 21.7. The van der Waals surface area contributed by atoms with Gasteiger partial charge < -0.3 is 4.74 Å². The van der Waals surface area contributed by atoms with E-state index in [0.717, 1.165) is 11.6 Å². The number of ether oxygens (including phenoxy) is 1. The second kappa shape index (κ2) is 7.14. The lowest BCUT2D eigenvalue weighted by molar-refractivity contribution is -0.394. The zero-order valence-electron chi connectivity index (χ0n) is 12.5. The second-order valence-corrected chi connectivity index (χ2v) is 4.79. The molecule has 24 heavy (non-hydrogen) atoms. The van der Waals surface area contributed by atoms with Crippen LogP contribution >= 0.6 is 0 Å². The molecule has 8 heteroatoms. The van der Waals surface area contributed by atoms with Gasteiger partial charge in [0.25, 0.3) is 11.4 Å². The smallest absolute Gasteiger partial charge is 0.308 e. The van der Waals surface area contributed by atoms with E-state index in [1.165, 1.54) is 25.1 Å². The molecule has 2 aromatic carbocycles. The number of nitrogens with zero attached hydrogens (tertiary/aromatic N) is 2. The summed E-state index contributed by atoms with van der Waals surface area (Å²) in [6.45, 7) is 1.29. The van der Waals surface area contributed by atoms with Gasteiger partial charge in [-0.05, 0) is 23.3 Å². The van der Waals surface area contributed by atoms with Gasteiger partial charge in [-0.1, -0.05) is 24.3 Å². The molecule has 0 bridgehead atoms. The highest BCUT2D eigenvalue weighted by molar-refractivity contribution is 5.73. The number of carbonyl (C=O) groups excluding carboxylic acids is 1. The van der Waals surface area contributed by atoms with E-state index in [9.17, 15) is 25.0 Å². The van der Waals surface area contributed by atoms with E-state index in [-0.39, 0.29) is 11.4 Å². The minimum Gasteiger partial charge on any atom is -0.427 e. The quantitative estimate of drug-likeness (QED) is 0.272. The topological polar surface area (TPSA) is 113 Å². The van der Waals surface area contributed by atoms with Crippen LogP contribution in [0.2, 0.25) is 0 Å². The van der Waals surface area contributed by atoms with Crippen molar-refractivity contribution in [3.8, 4) is 5.75 Å². The van der Waals surface area contributed by atoms with Gasteiger partial charge in [-0.2, -0.15) is 0 Å². The van der Waals surface area contributed by atoms with Crippen LogP contribution in [0.3, 0.4) is 0 Å². The molecule has 0 N–H and O–H groups in total. The molecule has 122 valence electrons. The van der Waals surface area contributed by atoms with Crippen LogP contribution in [0.4, 0.5) is 11.4 Å². The summed E-state index contributed by atoms with van der Waals surface area (Å²) in [6, 6.07) is 9.95. The molecule has 2 rings (SSSR count). The van der Waals surface area contributed by atoms with Gasteiger partial charge in [0.05, 0.1) is 15.9 Å². The predicted octanol–water partition coefficient (Wildman–Crippen LogP) is 3.60. The summed E-state index contributed by atoms with van der Waals surface area (Å²) in [4.78, 5) is 31.2. The Bertz CT molecular complexity index is 795. The molecule has 0 unspecified atom stereocenters. The van der Waals surface area contributed by atoms with Crippen molar-refractivity contribution in [2.45, 2.75) is 6.92 Å². The first-order chi connectivity index (χ1) is 11.3. The lowest BCUT2D eigenvalue weighted by Crippen LogP contribution is -2.00. The van der Waals surface area contributed by atoms with Gasteiger partial charge in [0, 0.05) is 19.1 Å². The Balaban J connectivity index is 2.26. The van der Waals surface area contributed by atoms with Crippen LogP contribution in [-0.4, -0.2) is 15.8 Å². The molecule has 0 saturated heterocycles. The lowest BCUT2D eigenvalue weighted by atomic mass is 10.1. The number of carbonyl (C=O) groups is 1. The average Bonchev–Trinajstić information content (AvgIpc) is 2.53. The van der Waals surface area contributed by atoms with Crippen LogP contribution in [0.25, 0.3) is 12.2 Å². The monoisotopic (exact) mass is 328 g/mol. The molecular weight excluding hydrogens is 316 g/mol. The summed E-state index contributed by atoms with van der Waals surface area (Å²) in [7, 11) is 0. The molecule has 0 heterocycles. The lowest BCUT2D eigenvalue weighted by Gasteiger charge is -2.01. The number of benzene rings is 2. The van der Waals surface area contributed by atoms with Crippen LogP contribution in [0, 0.1) is 20.2 Å². The number of hydrogen-bond acceptors (Lipinski definition) is 6. The zero-order valence-corrected chi connectivity index (χ0v) is 12.5. The number of nitro groups is 2. The highest BCUT2D eigenvalue weighted by atomic mass is 16.6. The third-order valence-electron chi connectivity index (χ3n) is 2.96. The Labute approximate surface area is 136 Å². The largest absolute Gasteiger partial charge is 0.427 e. The van der Waals surface area contributed by atoms with Crippen LogP contribution in [-0.2, 0) is 4.79 Å². The van der Waals surface area contributed by atoms with E-state index in [1.54, 1.807) is 30.3 Å². The molecule has 0 aliphatic rings. The summed E-state index contributed by atoms with van der Waals surface area (Å²) in [5.41, 5.74) is 0.364. The first kappa shape index (κ1) is 16.8. The van der Waals surface area contributed by atoms with Crippen molar-refractivity contribution in [2.24, 2.45) is 0 Å². The number of esters is 1. The molecule has 0 aliphatic heterocycles. The highest BCUT2D eigenvalue weighted by Crippen LogP contribution is 2.24. The average molecular weight is 328 g/mol. The van der Waals surface area contributed by atoms with Gasteiger partial charge in [0.1, 0.15) is 5.75 Å². The molecule has 0 atom stereocenters. The first-order valence-electron chi connectivity index (χ1n) is 6.75. The Kier molecular flexibility index (Phi) is 5.00. The Morgan fingerprint density at radius 2 is 1.42 bits per heavy atom. The Hall–Kier alpha value is -3.55. The minimum absolute atomic E-state index is 0.333. The Morgan fingerprint density at radius 1 is 0.917 bits per heavy atom. The van der Waals surface area contributed by atoms with E-state index < -0.39 is 15.8 Å². The van der Waals surface area contributed by atoms with Gasteiger partial charge in [-0.15, -0.1) is 0 Å². The van der Waals surface area contributed by atoms with Gasteiger partial charge in [-0.25, -0.2) is 0 Å². The van der Waals surface area contributed by atoms with Gasteiger partial charge in [0.2, 0.25) is 0 Å². The van der Waals surface area contributed by atoms with E-state index in [1.807, 2.05) is 0 Å². The van der Waals surface area contributed by atoms with E-state index in [4.69, 9.17) is 4.74 Å². The number of hydrogen-bond donors (Lipinski definition) is 0. The van der Waals surface area contributed by atoms with Crippen molar-refractivity contribution in [3.63, 3.8) is 0 Å². The van der Waals surface area contributed by atoms with Crippen LogP contribution in [0.15, 0.2) is 42.5 Å². The summed E-state index contributed by atoms with van der Waals surface area (Å²) < 4.78 is 4.90. The van der Waals surface area contributed by atoms with Crippen molar-refractivity contribution in [1.82, 2.24) is 0 Å². The van der Waals surface area contributed by atoms with Crippen molar-refractivity contribution in [2.75, 3.05) is 0 Å². The van der Waals surface area contributed by atoms with Crippen molar-refractivity contribution in [1.29, 1.82) is 0 Å². The standard InChI is InChI=1S/C16H12N2O6/c1-11(19)24-16-6-4-12(5-7-16)2-3-13-8-14(17(20)21)10-15(9-13)18(22)23/h2-10H,1H3/b3-2+. The second-order valence-electron chi connectivity index (χ2n) is 4.79. The van der Waals surface area contributed by atoms with Crippen LogP contribution in [0.1, 0.15) is 18.1 Å². The predicted molar refractivity (Wildman–Crippen MR) is 86.4 cm³/mol. The fourth-order valence-corrected chi connectivity index (χ4v) is 1.93. The molecular formula is C16H12N2O6. The van der Waals surface area contributed by atoms with Crippen molar-refractivity contribution in [3.05, 3.63) is 73.8 Å². The molecule has 0 fully saturated rings. The number of rotatable bonds is 5. The van der Waals surface area contributed by atoms with E-state index >= 15 is 0 Å². The van der Waals surface area contributed by atoms with Crippen molar-refractivity contribution >= 4 is 29.5 Å².